The van der Waals surface area contributed by atoms with Gasteiger partial charge in [0.1, 0.15) is 5.75 Å². The molecule has 0 saturated carbocycles. The van der Waals surface area contributed by atoms with E-state index in [1.807, 2.05) is 13.0 Å². The van der Waals surface area contributed by atoms with Gasteiger partial charge in [0.2, 0.25) is 0 Å². The third-order valence-corrected chi connectivity index (χ3v) is 6.97. The fraction of sp³-hybridized carbons (Fsp3) is 0.400. The molecule has 7 heteroatoms. The second kappa shape index (κ2) is 7.70. The van der Waals surface area contributed by atoms with E-state index in [4.69, 9.17) is 16.3 Å². The number of benzene rings is 2. The van der Waals surface area contributed by atoms with Crippen LogP contribution < -0.4 is 9.46 Å². The lowest BCUT2D eigenvalue weighted by atomic mass is 9.86. The van der Waals surface area contributed by atoms with Crippen LogP contribution in [0.15, 0.2) is 35.2 Å². The lowest BCUT2D eigenvalue weighted by Gasteiger charge is -2.32. The van der Waals surface area contributed by atoms with Crippen LogP contribution in [0.4, 0.5) is 5.69 Å². The second-order valence-electron chi connectivity index (χ2n) is 7.15. The number of sulfonamides is 1. The van der Waals surface area contributed by atoms with Gasteiger partial charge in [0, 0.05) is 16.6 Å². The lowest BCUT2D eigenvalue weighted by Crippen LogP contribution is -2.34. The molecule has 0 radical (unpaired) electrons. The van der Waals surface area contributed by atoms with Crippen molar-refractivity contribution in [1.29, 1.82) is 0 Å². The predicted molar refractivity (Wildman–Crippen MR) is 109 cm³/mol. The summed E-state index contributed by atoms with van der Waals surface area (Å²) >= 11 is 6.11. The van der Waals surface area contributed by atoms with Crippen LogP contribution in [0, 0.1) is 6.92 Å². The fourth-order valence-corrected chi connectivity index (χ4v) is 4.87. The maximum absolute atomic E-state index is 12.9. The van der Waals surface area contributed by atoms with Crippen LogP contribution in [0.1, 0.15) is 23.1 Å². The van der Waals surface area contributed by atoms with E-state index in [0.29, 0.717) is 16.8 Å². The minimum atomic E-state index is -3.72. The van der Waals surface area contributed by atoms with E-state index >= 15 is 0 Å². The number of nitrogens with one attached hydrogen (secondary N) is 1. The molecule has 0 fully saturated rings. The predicted octanol–water partition coefficient (Wildman–Crippen LogP) is 3.88. The lowest BCUT2D eigenvalue weighted by molar-refractivity contribution is 0.265. The summed E-state index contributed by atoms with van der Waals surface area (Å²) in [6.07, 6.45) is 2.59. The average Bonchev–Trinajstić information content (AvgIpc) is 2.63. The smallest absolute Gasteiger partial charge is 0.261 e. The molecule has 0 spiro atoms. The van der Waals surface area contributed by atoms with Gasteiger partial charge in [0.15, 0.2) is 0 Å². The summed E-state index contributed by atoms with van der Waals surface area (Å²) in [5.74, 6) is 0.804. The Labute approximate surface area is 166 Å². The van der Waals surface area contributed by atoms with Crippen molar-refractivity contribution < 1.29 is 13.2 Å². The Morgan fingerprint density at radius 2 is 1.93 bits per heavy atom. The molecule has 27 heavy (non-hydrogen) atoms. The minimum absolute atomic E-state index is 0.157. The average molecular weight is 409 g/mol. The van der Waals surface area contributed by atoms with Gasteiger partial charge in [-0.25, -0.2) is 8.42 Å². The van der Waals surface area contributed by atoms with Crippen LogP contribution >= 0.6 is 11.6 Å². The highest BCUT2D eigenvalue weighted by atomic mass is 35.5. The molecule has 0 unspecified atom stereocenters. The Morgan fingerprint density at radius 3 is 2.56 bits per heavy atom. The van der Waals surface area contributed by atoms with Crippen LogP contribution in [0.25, 0.3) is 0 Å². The number of nitrogens with zero attached hydrogens (tertiary/aromatic N) is 1. The minimum Gasteiger partial charge on any atom is -0.496 e. The summed E-state index contributed by atoms with van der Waals surface area (Å²) in [6, 6.07) is 8.79. The zero-order valence-corrected chi connectivity index (χ0v) is 17.6. The van der Waals surface area contributed by atoms with E-state index < -0.39 is 10.0 Å². The summed E-state index contributed by atoms with van der Waals surface area (Å²) in [6.45, 7) is 1.84. The number of fused-ring (bicyclic) bond motifs is 1. The van der Waals surface area contributed by atoms with Crippen LogP contribution in [0.3, 0.4) is 0 Å². The molecule has 146 valence electrons. The molecule has 0 saturated heterocycles. The summed E-state index contributed by atoms with van der Waals surface area (Å²) in [5, 5.41) is 0.434. The van der Waals surface area contributed by atoms with E-state index in [2.05, 4.69) is 23.7 Å². The molecule has 3 rings (SSSR count). The first-order chi connectivity index (χ1) is 12.7. The SMILES string of the molecule is COc1ccc(NS(=O)(=O)c2ccc(C)c(Cl)c2)c2c1C[C@@H](N(C)C)CC2. The van der Waals surface area contributed by atoms with Gasteiger partial charge in [0.05, 0.1) is 17.7 Å². The third-order valence-electron chi connectivity index (χ3n) is 5.20. The van der Waals surface area contributed by atoms with Gasteiger partial charge in [-0.1, -0.05) is 17.7 Å². The number of hydrogen-bond acceptors (Lipinski definition) is 4. The Bertz CT molecular complexity index is 958. The molecule has 1 aliphatic carbocycles. The largest absolute Gasteiger partial charge is 0.496 e. The first kappa shape index (κ1) is 20.0. The van der Waals surface area contributed by atoms with Crippen molar-refractivity contribution in [2.45, 2.75) is 37.1 Å². The van der Waals surface area contributed by atoms with Crippen molar-refractivity contribution >= 4 is 27.3 Å². The Morgan fingerprint density at radius 1 is 1.19 bits per heavy atom. The summed E-state index contributed by atoms with van der Waals surface area (Å²) in [4.78, 5) is 2.36. The van der Waals surface area contributed by atoms with Crippen LogP contribution in [-0.2, 0) is 22.9 Å². The standard InChI is InChI=1S/C20H25ClN2O3S/c1-13-5-7-15(12-18(13)21)27(24,25)22-19-9-10-20(26-4)17-11-14(23(2)3)6-8-16(17)19/h5,7,9-10,12,14,22H,6,8,11H2,1-4H3/t14-/m0/s1. The first-order valence-electron chi connectivity index (χ1n) is 8.87. The van der Waals surface area contributed by atoms with E-state index in [-0.39, 0.29) is 4.90 Å². The molecule has 5 nitrogen and oxygen atoms in total. The molecule has 0 heterocycles. The Kier molecular flexibility index (Phi) is 5.70. The van der Waals surface area contributed by atoms with Gasteiger partial charge >= 0.3 is 0 Å². The van der Waals surface area contributed by atoms with Crippen LogP contribution in [0.2, 0.25) is 5.02 Å². The quantitative estimate of drug-likeness (QED) is 0.815. The van der Waals surface area contributed by atoms with Gasteiger partial charge < -0.3 is 9.64 Å². The zero-order chi connectivity index (χ0) is 19.8. The number of rotatable bonds is 5. The van der Waals surface area contributed by atoms with Crippen molar-refractivity contribution in [3.05, 3.63) is 52.0 Å². The van der Waals surface area contributed by atoms with Crippen molar-refractivity contribution in [3.63, 3.8) is 0 Å². The summed E-state index contributed by atoms with van der Waals surface area (Å²) < 4.78 is 34.0. The number of hydrogen-bond donors (Lipinski definition) is 1. The molecular weight excluding hydrogens is 384 g/mol. The summed E-state index contributed by atoms with van der Waals surface area (Å²) in [7, 11) is 2.06. The van der Waals surface area contributed by atoms with E-state index in [1.54, 1.807) is 25.3 Å². The highest BCUT2D eigenvalue weighted by Crippen LogP contribution is 2.36. The van der Waals surface area contributed by atoms with E-state index in [1.165, 1.54) is 6.07 Å². The molecule has 2 aromatic carbocycles. The molecule has 1 N–H and O–H groups in total. The van der Waals surface area contributed by atoms with Crippen LogP contribution in [-0.4, -0.2) is 40.6 Å². The molecule has 0 aliphatic heterocycles. The molecule has 0 aromatic heterocycles. The van der Waals surface area contributed by atoms with Crippen molar-refractivity contribution in [2.75, 3.05) is 25.9 Å². The molecular formula is C20H25ClN2O3S. The van der Waals surface area contributed by atoms with E-state index in [9.17, 15) is 8.42 Å². The highest BCUT2D eigenvalue weighted by Gasteiger charge is 2.27. The van der Waals surface area contributed by atoms with Crippen molar-refractivity contribution in [1.82, 2.24) is 4.90 Å². The normalized spacial score (nSPS) is 16.9. The maximum Gasteiger partial charge on any atom is 0.261 e. The van der Waals surface area contributed by atoms with Gasteiger partial charge in [-0.15, -0.1) is 0 Å². The Balaban J connectivity index is 1.98. The number of methoxy groups -OCH3 is 1. The number of halogens is 1. The fourth-order valence-electron chi connectivity index (χ4n) is 3.50. The van der Waals surface area contributed by atoms with Gasteiger partial charge in [0.25, 0.3) is 10.0 Å². The molecule has 0 amide bonds. The molecule has 0 bridgehead atoms. The zero-order valence-electron chi connectivity index (χ0n) is 16.0. The highest BCUT2D eigenvalue weighted by molar-refractivity contribution is 7.92. The van der Waals surface area contributed by atoms with Crippen LogP contribution in [0.5, 0.6) is 5.75 Å². The molecule has 1 atom stereocenters. The number of ether oxygens (including phenoxy) is 1. The number of anilines is 1. The Hall–Kier alpha value is -1.76. The third kappa shape index (κ3) is 4.08. The van der Waals surface area contributed by atoms with Gasteiger partial charge in [-0.05, 0) is 75.7 Å². The molecule has 2 aromatic rings. The topological polar surface area (TPSA) is 58.6 Å². The summed E-state index contributed by atoms with van der Waals surface area (Å²) in [5.41, 5.74) is 3.53. The maximum atomic E-state index is 12.9. The first-order valence-corrected chi connectivity index (χ1v) is 10.7. The van der Waals surface area contributed by atoms with Gasteiger partial charge in [-0.3, -0.25) is 4.72 Å². The van der Waals surface area contributed by atoms with Gasteiger partial charge in [-0.2, -0.15) is 0 Å². The second-order valence-corrected chi connectivity index (χ2v) is 9.24. The van der Waals surface area contributed by atoms with E-state index in [0.717, 1.165) is 41.7 Å². The molecule has 1 aliphatic rings. The van der Waals surface area contributed by atoms with Crippen molar-refractivity contribution in [3.8, 4) is 5.75 Å². The van der Waals surface area contributed by atoms with Crippen molar-refractivity contribution in [2.24, 2.45) is 0 Å². The number of aryl methyl sites for hydroxylation is 1. The monoisotopic (exact) mass is 408 g/mol. The number of likely N-dealkylation sites (N-methyl/N-ethyl adjacent to an activating group) is 1.